The quantitative estimate of drug-likeness (QED) is 0.745. The summed E-state index contributed by atoms with van der Waals surface area (Å²) in [6, 6.07) is 0. The van der Waals surface area contributed by atoms with E-state index in [9.17, 15) is 4.79 Å². The monoisotopic (exact) mass is 197 g/mol. The number of rotatable bonds is 1. The third-order valence-electron chi connectivity index (χ3n) is 1.44. The average Bonchev–Trinajstić information content (AvgIpc) is 2.32. The van der Waals surface area contributed by atoms with Crippen molar-refractivity contribution in [2.75, 3.05) is 5.43 Å². The van der Waals surface area contributed by atoms with Gasteiger partial charge in [0.2, 0.25) is 0 Å². The van der Waals surface area contributed by atoms with Crippen LogP contribution < -0.4 is 5.43 Å². The van der Waals surface area contributed by atoms with E-state index in [0.29, 0.717) is 5.82 Å². The van der Waals surface area contributed by atoms with Crippen LogP contribution in [0.4, 0.5) is 4.79 Å². The van der Waals surface area contributed by atoms with Crippen molar-refractivity contribution in [2.45, 2.75) is 33.3 Å². The zero-order valence-electron chi connectivity index (χ0n) is 8.87. The maximum Gasteiger partial charge on any atom is 0.427 e. The summed E-state index contributed by atoms with van der Waals surface area (Å²) in [6.07, 6.45) is 2.77. The summed E-state index contributed by atoms with van der Waals surface area (Å²) in [7, 11) is 0. The fourth-order valence-corrected chi connectivity index (χ4v) is 0.895. The Morgan fingerprint density at radius 1 is 1.57 bits per heavy atom. The Bertz CT molecular complexity index is 325. The Morgan fingerprint density at radius 2 is 2.21 bits per heavy atom. The summed E-state index contributed by atoms with van der Waals surface area (Å²) in [5.41, 5.74) is 2.05. The Morgan fingerprint density at radius 3 is 2.64 bits per heavy atom. The van der Waals surface area contributed by atoms with Gasteiger partial charge in [-0.3, -0.25) is 0 Å². The molecule has 78 valence electrons. The molecule has 0 aliphatic heterocycles. The maximum atomic E-state index is 11.3. The van der Waals surface area contributed by atoms with Crippen LogP contribution in [0, 0.1) is 6.92 Å². The molecule has 1 aromatic rings. The van der Waals surface area contributed by atoms with Crippen molar-refractivity contribution in [1.29, 1.82) is 0 Å². The third kappa shape index (κ3) is 3.08. The number of aromatic nitrogens is 2. The van der Waals surface area contributed by atoms with Crippen LogP contribution in [0.5, 0.6) is 0 Å². The SMILES string of the molecule is Cc1nccn1NC(=O)OC(C)(C)C. The number of amides is 1. The van der Waals surface area contributed by atoms with Crippen molar-refractivity contribution >= 4 is 6.09 Å². The highest BCUT2D eigenvalue weighted by Gasteiger charge is 2.16. The number of nitrogens with one attached hydrogen (secondary N) is 1. The number of carbonyl (C=O) groups excluding carboxylic acids is 1. The van der Waals surface area contributed by atoms with Crippen molar-refractivity contribution in [3.63, 3.8) is 0 Å². The minimum absolute atomic E-state index is 0.487. The molecule has 1 heterocycles. The van der Waals surface area contributed by atoms with Crippen molar-refractivity contribution in [1.82, 2.24) is 9.66 Å². The topological polar surface area (TPSA) is 56.2 Å². The molecule has 0 aliphatic rings. The zero-order chi connectivity index (χ0) is 10.8. The Kier molecular flexibility index (Phi) is 2.78. The zero-order valence-corrected chi connectivity index (χ0v) is 8.87. The first kappa shape index (κ1) is 10.6. The molecular weight excluding hydrogens is 182 g/mol. The van der Waals surface area contributed by atoms with Crippen molar-refractivity contribution in [3.8, 4) is 0 Å². The van der Waals surface area contributed by atoms with E-state index in [2.05, 4.69) is 10.4 Å². The first-order valence-electron chi connectivity index (χ1n) is 4.38. The number of carbonyl (C=O) groups is 1. The molecule has 0 saturated carbocycles. The van der Waals surface area contributed by atoms with Gasteiger partial charge in [-0.15, -0.1) is 0 Å². The lowest BCUT2D eigenvalue weighted by atomic mass is 10.2. The van der Waals surface area contributed by atoms with E-state index in [1.54, 1.807) is 19.3 Å². The molecule has 0 fully saturated rings. The van der Waals surface area contributed by atoms with Gasteiger partial charge in [-0.05, 0) is 27.7 Å². The molecule has 14 heavy (non-hydrogen) atoms. The summed E-state index contributed by atoms with van der Waals surface area (Å²) < 4.78 is 6.58. The third-order valence-corrected chi connectivity index (χ3v) is 1.44. The van der Waals surface area contributed by atoms with Gasteiger partial charge in [0, 0.05) is 12.4 Å². The van der Waals surface area contributed by atoms with Gasteiger partial charge in [0.1, 0.15) is 11.4 Å². The predicted octanol–water partition coefficient (Wildman–Crippen LogP) is 1.67. The van der Waals surface area contributed by atoms with Gasteiger partial charge >= 0.3 is 6.09 Å². The van der Waals surface area contributed by atoms with Gasteiger partial charge in [0.25, 0.3) is 0 Å². The van der Waals surface area contributed by atoms with Crippen molar-refractivity contribution in [3.05, 3.63) is 18.2 Å². The number of nitrogens with zero attached hydrogens (tertiary/aromatic N) is 2. The van der Waals surface area contributed by atoms with E-state index in [1.165, 1.54) is 4.68 Å². The summed E-state index contributed by atoms with van der Waals surface area (Å²) in [4.78, 5) is 15.3. The second-order valence-electron chi connectivity index (χ2n) is 3.96. The van der Waals surface area contributed by atoms with Crippen LogP contribution in [-0.4, -0.2) is 21.4 Å². The molecule has 0 aromatic carbocycles. The van der Waals surface area contributed by atoms with Crippen LogP contribution in [0.1, 0.15) is 26.6 Å². The Hall–Kier alpha value is -1.52. The fraction of sp³-hybridized carbons (Fsp3) is 0.556. The van der Waals surface area contributed by atoms with Crippen molar-refractivity contribution < 1.29 is 9.53 Å². The molecule has 0 saturated heterocycles. The molecule has 1 N–H and O–H groups in total. The average molecular weight is 197 g/mol. The van der Waals surface area contributed by atoms with Gasteiger partial charge < -0.3 is 4.74 Å². The molecule has 0 bridgehead atoms. The summed E-state index contributed by atoms with van der Waals surface area (Å²) in [5.74, 6) is 0.704. The molecule has 0 atom stereocenters. The van der Waals surface area contributed by atoms with Crippen LogP contribution in [0.25, 0.3) is 0 Å². The lowest BCUT2D eigenvalue weighted by molar-refractivity contribution is 0.0612. The molecule has 1 rings (SSSR count). The van der Waals surface area contributed by atoms with Crippen LogP contribution >= 0.6 is 0 Å². The van der Waals surface area contributed by atoms with Gasteiger partial charge in [-0.1, -0.05) is 0 Å². The highest BCUT2D eigenvalue weighted by atomic mass is 16.6. The normalized spacial score (nSPS) is 11.1. The molecule has 0 unspecified atom stereocenters. The minimum Gasteiger partial charge on any atom is -0.443 e. The fourth-order valence-electron chi connectivity index (χ4n) is 0.895. The summed E-state index contributed by atoms with van der Waals surface area (Å²) >= 11 is 0. The Labute approximate surface area is 83.1 Å². The molecule has 5 nitrogen and oxygen atoms in total. The Balaban J connectivity index is 2.54. The van der Waals surface area contributed by atoms with E-state index < -0.39 is 11.7 Å². The van der Waals surface area contributed by atoms with Crippen LogP contribution in [0.15, 0.2) is 12.4 Å². The van der Waals surface area contributed by atoms with Crippen LogP contribution in [0.3, 0.4) is 0 Å². The molecule has 5 heteroatoms. The van der Waals surface area contributed by atoms with Crippen molar-refractivity contribution in [2.24, 2.45) is 0 Å². The summed E-state index contributed by atoms with van der Waals surface area (Å²) in [6.45, 7) is 7.23. The lowest BCUT2D eigenvalue weighted by Gasteiger charge is -2.20. The van der Waals surface area contributed by atoms with Gasteiger partial charge in [0.15, 0.2) is 0 Å². The van der Waals surface area contributed by atoms with E-state index in [-0.39, 0.29) is 0 Å². The molecular formula is C9H15N3O2. The van der Waals surface area contributed by atoms with Crippen LogP contribution in [0.2, 0.25) is 0 Å². The van der Waals surface area contributed by atoms with Gasteiger partial charge in [-0.2, -0.15) is 0 Å². The second-order valence-corrected chi connectivity index (χ2v) is 3.96. The largest absolute Gasteiger partial charge is 0.443 e. The second kappa shape index (κ2) is 3.69. The highest BCUT2D eigenvalue weighted by molar-refractivity contribution is 5.76. The van der Waals surface area contributed by atoms with E-state index in [1.807, 2.05) is 20.8 Å². The molecule has 1 aromatic heterocycles. The molecule has 0 spiro atoms. The molecule has 0 radical (unpaired) electrons. The number of hydrogen-bond acceptors (Lipinski definition) is 3. The highest BCUT2D eigenvalue weighted by Crippen LogP contribution is 2.07. The standard InChI is InChI=1S/C9H15N3O2/c1-7-10-5-6-12(7)11-8(13)14-9(2,3)4/h5-6H,1-4H3,(H,11,13). The van der Waals surface area contributed by atoms with E-state index in [0.717, 1.165) is 0 Å². The number of ether oxygens (including phenoxy) is 1. The number of aryl methyl sites for hydroxylation is 1. The van der Waals surface area contributed by atoms with E-state index in [4.69, 9.17) is 4.74 Å². The first-order chi connectivity index (χ1) is 6.38. The summed E-state index contributed by atoms with van der Waals surface area (Å²) in [5, 5.41) is 0. The molecule has 1 amide bonds. The maximum absolute atomic E-state index is 11.3. The predicted molar refractivity (Wildman–Crippen MR) is 52.6 cm³/mol. The smallest absolute Gasteiger partial charge is 0.427 e. The van der Waals surface area contributed by atoms with Gasteiger partial charge in [0.05, 0.1) is 0 Å². The van der Waals surface area contributed by atoms with Gasteiger partial charge in [-0.25, -0.2) is 19.9 Å². The lowest BCUT2D eigenvalue weighted by Crippen LogP contribution is -2.31. The van der Waals surface area contributed by atoms with Crippen LogP contribution in [-0.2, 0) is 4.74 Å². The number of imidazole rings is 1. The van der Waals surface area contributed by atoms with E-state index >= 15 is 0 Å². The molecule has 0 aliphatic carbocycles. The minimum atomic E-state index is -0.488. The first-order valence-corrected chi connectivity index (χ1v) is 4.38. The number of hydrogen-bond donors (Lipinski definition) is 1.